The van der Waals surface area contributed by atoms with Gasteiger partial charge in [-0.1, -0.05) is 0 Å². The maximum Gasteiger partial charge on any atom is 0.230 e. The van der Waals surface area contributed by atoms with E-state index < -0.39 is 0 Å². The molecule has 1 saturated carbocycles. The molecule has 3 N–H and O–H groups in total. The molecule has 0 radical (unpaired) electrons. The number of carbonyl (C=O) groups excluding carboxylic acids is 1. The van der Waals surface area contributed by atoms with Crippen molar-refractivity contribution in [1.29, 1.82) is 0 Å². The summed E-state index contributed by atoms with van der Waals surface area (Å²) in [6, 6.07) is 0.403. The highest BCUT2D eigenvalue weighted by molar-refractivity contribution is 7.99. The van der Waals surface area contributed by atoms with E-state index in [1.165, 1.54) is 0 Å². The van der Waals surface area contributed by atoms with Crippen molar-refractivity contribution >= 4 is 17.7 Å². The highest BCUT2D eigenvalue weighted by atomic mass is 32.2. The Hall–Kier alpha value is -0.220. The Kier molecular flexibility index (Phi) is 3.88. The second-order valence-corrected chi connectivity index (χ2v) is 4.07. The number of carbonyl (C=O) groups is 1. The van der Waals surface area contributed by atoms with Crippen LogP contribution in [-0.2, 0) is 4.79 Å². The fourth-order valence-corrected chi connectivity index (χ4v) is 1.89. The second-order valence-electron chi connectivity index (χ2n) is 3.20. The first-order valence-electron chi connectivity index (χ1n) is 4.28. The van der Waals surface area contributed by atoms with Crippen molar-refractivity contribution in [2.75, 3.05) is 12.0 Å². The molecular weight excluding hydrogens is 172 g/mol. The minimum atomic E-state index is 0.116. The fraction of sp³-hybridized carbons (Fsp3) is 0.875. The van der Waals surface area contributed by atoms with Crippen LogP contribution in [0.3, 0.4) is 0 Å². The number of hydrogen-bond acceptors (Lipinski definition) is 3. The van der Waals surface area contributed by atoms with Crippen molar-refractivity contribution in [2.24, 2.45) is 5.73 Å². The molecule has 0 aliphatic heterocycles. The van der Waals surface area contributed by atoms with Crippen molar-refractivity contribution in [3.63, 3.8) is 0 Å². The average molecular weight is 188 g/mol. The SMILES string of the molecule is CSCC(=O)NC1CCCC1N. The Bertz CT molecular complexity index is 163. The van der Waals surface area contributed by atoms with Crippen LogP contribution >= 0.6 is 11.8 Å². The van der Waals surface area contributed by atoms with Gasteiger partial charge in [0.05, 0.1) is 5.75 Å². The van der Waals surface area contributed by atoms with E-state index in [9.17, 15) is 4.79 Å². The van der Waals surface area contributed by atoms with Crippen LogP contribution in [0.1, 0.15) is 19.3 Å². The monoisotopic (exact) mass is 188 g/mol. The quantitative estimate of drug-likeness (QED) is 0.672. The molecule has 1 aliphatic rings. The summed E-state index contributed by atoms with van der Waals surface area (Å²) in [4.78, 5) is 11.2. The first kappa shape index (κ1) is 9.86. The van der Waals surface area contributed by atoms with Crippen LogP contribution in [0.15, 0.2) is 0 Å². The van der Waals surface area contributed by atoms with Gasteiger partial charge in [0.15, 0.2) is 0 Å². The predicted molar refractivity (Wildman–Crippen MR) is 52.1 cm³/mol. The molecule has 0 aromatic carbocycles. The third-order valence-corrected chi connectivity index (χ3v) is 2.74. The predicted octanol–water partition coefficient (Wildman–Crippen LogP) is 0.345. The molecule has 1 amide bonds. The van der Waals surface area contributed by atoms with Crippen LogP contribution in [0.5, 0.6) is 0 Å². The van der Waals surface area contributed by atoms with Crippen molar-refractivity contribution in [3.05, 3.63) is 0 Å². The minimum Gasteiger partial charge on any atom is -0.351 e. The first-order chi connectivity index (χ1) is 5.74. The van der Waals surface area contributed by atoms with Gasteiger partial charge in [0.2, 0.25) is 5.91 Å². The van der Waals surface area contributed by atoms with E-state index in [0.29, 0.717) is 5.75 Å². The van der Waals surface area contributed by atoms with E-state index in [4.69, 9.17) is 5.73 Å². The van der Waals surface area contributed by atoms with E-state index in [-0.39, 0.29) is 18.0 Å². The molecule has 0 spiro atoms. The van der Waals surface area contributed by atoms with E-state index >= 15 is 0 Å². The van der Waals surface area contributed by atoms with Gasteiger partial charge < -0.3 is 11.1 Å². The summed E-state index contributed by atoms with van der Waals surface area (Å²) in [6.07, 6.45) is 5.16. The second kappa shape index (κ2) is 4.72. The van der Waals surface area contributed by atoms with E-state index in [2.05, 4.69) is 5.32 Å². The molecule has 1 fully saturated rings. The summed E-state index contributed by atoms with van der Waals surface area (Å²) >= 11 is 1.54. The smallest absolute Gasteiger partial charge is 0.230 e. The summed E-state index contributed by atoms with van der Waals surface area (Å²) in [5, 5.41) is 2.94. The van der Waals surface area contributed by atoms with Gasteiger partial charge in [0, 0.05) is 12.1 Å². The lowest BCUT2D eigenvalue weighted by atomic mass is 10.2. The van der Waals surface area contributed by atoms with Gasteiger partial charge in [-0.2, -0.15) is 11.8 Å². The Morgan fingerprint density at radius 2 is 2.42 bits per heavy atom. The average Bonchev–Trinajstić information content (AvgIpc) is 2.37. The van der Waals surface area contributed by atoms with Crippen LogP contribution in [-0.4, -0.2) is 30.0 Å². The van der Waals surface area contributed by atoms with Crippen LogP contribution in [0.2, 0.25) is 0 Å². The number of nitrogens with two attached hydrogens (primary N) is 1. The summed E-state index contributed by atoms with van der Waals surface area (Å²) in [5.74, 6) is 0.660. The molecule has 2 unspecified atom stereocenters. The van der Waals surface area contributed by atoms with Gasteiger partial charge >= 0.3 is 0 Å². The molecule has 1 aliphatic carbocycles. The number of rotatable bonds is 3. The largest absolute Gasteiger partial charge is 0.351 e. The fourth-order valence-electron chi connectivity index (χ4n) is 1.55. The summed E-state index contributed by atoms with van der Waals surface area (Å²) < 4.78 is 0. The molecule has 3 nitrogen and oxygen atoms in total. The molecule has 0 bridgehead atoms. The molecule has 0 saturated heterocycles. The van der Waals surface area contributed by atoms with Gasteiger partial charge in [-0.3, -0.25) is 4.79 Å². The molecule has 70 valence electrons. The zero-order valence-corrected chi connectivity index (χ0v) is 8.19. The number of hydrogen-bond donors (Lipinski definition) is 2. The molecule has 0 aromatic rings. The number of thioether (sulfide) groups is 1. The third-order valence-electron chi connectivity index (χ3n) is 2.19. The van der Waals surface area contributed by atoms with E-state index in [0.717, 1.165) is 19.3 Å². The van der Waals surface area contributed by atoms with Crippen LogP contribution in [0, 0.1) is 0 Å². The third kappa shape index (κ3) is 2.68. The maximum absolute atomic E-state index is 11.2. The zero-order chi connectivity index (χ0) is 8.97. The number of amides is 1. The molecule has 12 heavy (non-hydrogen) atoms. The summed E-state index contributed by atoms with van der Waals surface area (Å²) in [6.45, 7) is 0. The van der Waals surface area contributed by atoms with Gasteiger partial charge in [-0.15, -0.1) is 0 Å². The summed E-state index contributed by atoms with van der Waals surface area (Å²) in [7, 11) is 0. The highest BCUT2D eigenvalue weighted by Crippen LogP contribution is 2.16. The van der Waals surface area contributed by atoms with Crippen LogP contribution in [0.25, 0.3) is 0 Å². The molecule has 0 heterocycles. The Morgan fingerprint density at radius 1 is 1.67 bits per heavy atom. The van der Waals surface area contributed by atoms with Crippen LogP contribution < -0.4 is 11.1 Å². The molecule has 1 rings (SSSR count). The van der Waals surface area contributed by atoms with E-state index in [1.807, 2.05) is 6.26 Å². The van der Waals surface area contributed by atoms with Gasteiger partial charge in [0.25, 0.3) is 0 Å². The van der Waals surface area contributed by atoms with Crippen molar-refractivity contribution in [2.45, 2.75) is 31.3 Å². The van der Waals surface area contributed by atoms with Gasteiger partial charge in [-0.05, 0) is 25.5 Å². The van der Waals surface area contributed by atoms with E-state index in [1.54, 1.807) is 11.8 Å². The molecular formula is C8H16N2OS. The van der Waals surface area contributed by atoms with Crippen molar-refractivity contribution in [1.82, 2.24) is 5.32 Å². The maximum atomic E-state index is 11.2. The van der Waals surface area contributed by atoms with Gasteiger partial charge in [0.1, 0.15) is 0 Å². The normalized spacial score (nSPS) is 28.8. The molecule has 2 atom stereocenters. The van der Waals surface area contributed by atoms with Crippen molar-refractivity contribution < 1.29 is 4.79 Å². The lowest BCUT2D eigenvalue weighted by molar-refractivity contribution is -0.119. The molecule has 4 heteroatoms. The topological polar surface area (TPSA) is 55.1 Å². The van der Waals surface area contributed by atoms with Gasteiger partial charge in [-0.25, -0.2) is 0 Å². The van der Waals surface area contributed by atoms with Crippen LogP contribution in [0.4, 0.5) is 0 Å². The minimum absolute atomic E-state index is 0.116. The lowest BCUT2D eigenvalue weighted by Gasteiger charge is -2.16. The zero-order valence-electron chi connectivity index (χ0n) is 7.38. The highest BCUT2D eigenvalue weighted by Gasteiger charge is 2.24. The Labute approximate surface area is 77.5 Å². The Morgan fingerprint density at radius 3 is 2.92 bits per heavy atom. The number of nitrogens with one attached hydrogen (secondary N) is 1. The summed E-state index contributed by atoms with van der Waals surface area (Å²) in [5.41, 5.74) is 5.80. The Balaban J connectivity index is 2.25. The molecule has 0 aromatic heterocycles. The van der Waals surface area contributed by atoms with Crippen molar-refractivity contribution in [3.8, 4) is 0 Å². The standard InChI is InChI=1S/C8H16N2OS/c1-12-5-8(11)10-7-4-2-3-6(7)9/h6-7H,2-5,9H2,1H3,(H,10,11). The first-order valence-corrected chi connectivity index (χ1v) is 5.67. The lowest BCUT2D eigenvalue weighted by Crippen LogP contribution is -2.44.